The van der Waals surface area contributed by atoms with Crippen molar-refractivity contribution in [3.8, 4) is 0 Å². The molecule has 3 aliphatic heterocycles. The molecule has 3 amide bonds. The first-order valence-corrected chi connectivity index (χ1v) is 10.2. The topological polar surface area (TPSA) is 119 Å². The first kappa shape index (κ1) is 20.7. The minimum absolute atomic E-state index is 0.00262. The number of fused-ring (bicyclic) bond motifs is 1. The lowest BCUT2D eigenvalue weighted by atomic mass is 9.78. The van der Waals surface area contributed by atoms with Gasteiger partial charge in [-0.1, -0.05) is 6.92 Å². The Bertz CT molecular complexity index is 739. The van der Waals surface area contributed by atoms with Crippen LogP contribution in [0.1, 0.15) is 20.3 Å². The highest BCUT2D eigenvalue weighted by Gasteiger charge is 2.60. The van der Waals surface area contributed by atoms with Crippen LogP contribution in [0.2, 0.25) is 0 Å². The van der Waals surface area contributed by atoms with Crippen LogP contribution in [0.25, 0.3) is 0 Å². The second-order valence-corrected chi connectivity index (χ2v) is 9.12. The number of β-lactam (4-membered cyclic amide) rings is 1. The van der Waals surface area contributed by atoms with E-state index >= 15 is 0 Å². The molecule has 0 spiro atoms. The molecule has 0 aromatic rings. The number of nitrogens with zero attached hydrogens (tertiary/aromatic N) is 2. The van der Waals surface area contributed by atoms with E-state index in [9.17, 15) is 24.3 Å². The van der Waals surface area contributed by atoms with E-state index in [1.54, 1.807) is 25.9 Å². The Morgan fingerprint density at radius 3 is 2.68 bits per heavy atom. The highest BCUT2D eigenvalue weighted by molar-refractivity contribution is 8.03. The monoisotopic (exact) mass is 410 g/mol. The molecule has 0 aromatic carbocycles. The van der Waals surface area contributed by atoms with Gasteiger partial charge < -0.3 is 25.5 Å². The molecule has 6 atom stereocenters. The van der Waals surface area contributed by atoms with Crippen molar-refractivity contribution in [3.05, 3.63) is 10.6 Å². The van der Waals surface area contributed by atoms with Crippen molar-refractivity contribution in [3.63, 3.8) is 0 Å². The highest BCUT2D eigenvalue weighted by Crippen LogP contribution is 2.51. The average molecular weight is 410 g/mol. The van der Waals surface area contributed by atoms with Crippen LogP contribution in [0.4, 0.5) is 0 Å². The third-order valence-corrected chi connectivity index (χ3v) is 7.30. The number of hydrogen-bond acceptors (Lipinski definition) is 6. The molecule has 0 saturated carbocycles. The molecule has 3 rings (SSSR count). The largest absolute Gasteiger partial charge is 0.477 e. The molecule has 10 heteroatoms. The molecule has 2 fully saturated rings. The van der Waals surface area contributed by atoms with Gasteiger partial charge >= 0.3 is 5.97 Å². The maximum Gasteiger partial charge on any atom is 0.353 e. The molecule has 0 radical (unpaired) electrons. The highest BCUT2D eigenvalue weighted by atomic mass is 32.2. The number of carboxylic acids is 1. The number of likely N-dealkylation sites (N-methyl/N-ethyl adjacent to an activating group) is 1. The van der Waals surface area contributed by atoms with Crippen molar-refractivity contribution < 1.29 is 24.3 Å². The number of carboxylic acid groups (broad SMARTS) is 1. The number of hydrogen-bond donors (Lipinski definition) is 3. The quantitative estimate of drug-likeness (QED) is 0.380. The van der Waals surface area contributed by atoms with Gasteiger partial charge in [-0.15, -0.1) is 11.8 Å². The van der Waals surface area contributed by atoms with Gasteiger partial charge in [-0.25, -0.2) is 4.79 Å². The van der Waals surface area contributed by atoms with Crippen molar-refractivity contribution in [1.82, 2.24) is 20.4 Å². The van der Waals surface area contributed by atoms with Crippen LogP contribution < -0.4 is 10.6 Å². The summed E-state index contributed by atoms with van der Waals surface area (Å²) in [5, 5.41) is 15.6. The van der Waals surface area contributed by atoms with Gasteiger partial charge in [0.1, 0.15) is 5.70 Å². The van der Waals surface area contributed by atoms with E-state index in [0.717, 1.165) is 0 Å². The summed E-state index contributed by atoms with van der Waals surface area (Å²) in [7, 11) is 3.42. The smallest absolute Gasteiger partial charge is 0.353 e. The molecule has 3 heterocycles. The second kappa shape index (κ2) is 7.75. The molecule has 28 heavy (non-hydrogen) atoms. The Morgan fingerprint density at radius 1 is 1.43 bits per heavy atom. The SMILES string of the molecule is CC1C(SC2CNC(C(=O)N(C)C)C2)=C(C(=O)O)N2C(=O)[C@H](C(C)NC=O)C12. The van der Waals surface area contributed by atoms with Crippen LogP contribution in [0, 0.1) is 11.8 Å². The molecule has 154 valence electrons. The Balaban J connectivity index is 1.78. The summed E-state index contributed by atoms with van der Waals surface area (Å²) < 4.78 is 0. The fraction of sp³-hybridized carbons (Fsp3) is 0.667. The summed E-state index contributed by atoms with van der Waals surface area (Å²) >= 11 is 1.45. The van der Waals surface area contributed by atoms with E-state index in [-0.39, 0.29) is 46.8 Å². The maximum atomic E-state index is 12.6. The molecule has 3 aliphatic rings. The van der Waals surface area contributed by atoms with Crippen LogP contribution in [0.3, 0.4) is 0 Å². The van der Waals surface area contributed by atoms with E-state index in [2.05, 4.69) is 10.6 Å². The standard InChI is InChI=1S/C18H26N4O5S/c1-8-13-12(9(2)20-7-23)17(25)22(13)14(18(26)27)15(8)28-10-5-11(19-6-10)16(24)21(3)4/h7-13,19H,5-6H2,1-4H3,(H,20,23)(H,26,27)/t8?,9?,10?,11?,12-,13?/m1/s1. The van der Waals surface area contributed by atoms with Crippen molar-refractivity contribution in [2.24, 2.45) is 11.8 Å². The molecule has 2 saturated heterocycles. The van der Waals surface area contributed by atoms with Crippen LogP contribution in [-0.4, -0.2) is 83.1 Å². The molecule has 0 aliphatic carbocycles. The molecule has 9 nitrogen and oxygen atoms in total. The third kappa shape index (κ3) is 3.28. The number of thioether (sulfide) groups is 1. The predicted molar refractivity (Wildman–Crippen MR) is 103 cm³/mol. The van der Waals surface area contributed by atoms with Gasteiger partial charge in [-0.05, 0) is 13.3 Å². The number of carbonyl (C=O) groups excluding carboxylic acids is 3. The Hall–Kier alpha value is -2.07. The molecule has 0 aromatic heterocycles. The normalized spacial score (nSPS) is 32.6. The molecular weight excluding hydrogens is 384 g/mol. The van der Waals surface area contributed by atoms with E-state index in [4.69, 9.17) is 0 Å². The van der Waals surface area contributed by atoms with Crippen LogP contribution in [-0.2, 0) is 19.2 Å². The fourth-order valence-corrected chi connectivity index (χ4v) is 5.86. The maximum absolute atomic E-state index is 12.6. The molecule has 0 bridgehead atoms. The van der Waals surface area contributed by atoms with Crippen molar-refractivity contribution >= 4 is 36.0 Å². The van der Waals surface area contributed by atoms with Gasteiger partial charge in [0.25, 0.3) is 0 Å². The van der Waals surface area contributed by atoms with Crippen LogP contribution in [0.15, 0.2) is 10.6 Å². The Morgan fingerprint density at radius 2 is 2.11 bits per heavy atom. The minimum Gasteiger partial charge on any atom is -0.477 e. The van der Waals surface area contributed by atoms with Crippen molar-refractivity contribution in [1.29, 1.82) is 0 Å². The summed E-state index contributed by atoms with van der Waals surface area (Å²) in [5.41, 5.74) is 0.0458. The lowest BCUT2D eigenvalue weighted by molar-refractivity contribution is -0.158. The van der Waals surface area contributed by atoms with E-state index in [1.807, 2.05) is 6.92 Å². The van der Waals surface area contributed by atoms with Crippen LogP contribution in [0.5, 0.6) is 0 Å². The Kier molecular flexibility index (Phi) is 5.72. The van der Waals surface area contributed by atoms with Crippen LogP contribution >= 0.6 is 11.8 Å². The zero-order valence-corrected chi connectivity index (χ0v) is 17.2. The van der Waals surface area contributed by atoms with Gasteiger partial charge in [-0.2, -0.15) is 0 Å². The van der Waals surface area contributed by atoms with E-state index < -0.39 is 11.9 Å². The van der Waals surface area contributed by atoms with Gasteiger partial charge in [0.05, 0.1) is 18.0 Å². The summed E-state index contributed by atoms with van der Waals surface area (Å²) in [5.74, 6) is -1.96. The fourth-order valence-electron chi connectivity index (χ4n) is 4.38. The van der Waals surface area contributed by atoms with E-state index in [0.29, 0.717) is 24.3 Å². The van der Waals surface area contributed by atoms with Gasteiger partial charge in [-0.3, -0.25) is 14.4 Å². The van der Waals surface area contributed by atoms with Crippen molar-refractivity contribution in [2.45, 2.75) is 43.6 Å². The van der Waals surface area contributed by atoms with Gasteiger partial charge in [0.15, 0.2) is 0 Å². The number of aliphatic carboxylic acids is 1. The third-order valence-electron chi connectivity index (χ3n) is 5.78. The number of nitrogens with one attached hydrogen (secondary N) is 2. The molecular formula is C18H26N4O5S. The zero-order valence-electron chi connectivity index (χ0n) is 16.3. The van der Waals surface area contributed by atoms with Crippen molar-refractivity contribution in [2.75, 3.05) is 20.6 Å². The summed E-state index contributed by atoms with van der Waals surface area (Å²) in [6.45, 7) is 4.28. The zero-order chi connectivity index (χ0) is 20.7. The Labute approximate surface area is 167 Å². The molecule has 3 N–H and O–H groups in total. The average Bonchev–Trinajstić information content (AvgIpc) is 3.17. The summed E-state index contributed by atoms with van der Waals surface area (Å²) in [4.78, 5) is 51.0. The number of carbonyl (C=O) groups is 4. The number of amides is 3. The number of rotatable bonds is 7. The van der Waals surface area contributed by atoms with Gasteiger partial charge in [0, 0.05) is 42.8 Å². The van der Waals surface area contributed by atoms with E-state index in [1.165, 1.54) is 16.7 Å². The second-order valence-electron chi connectivity index (χ2n) is 7.77. The van der Waals surface area contributed by atoms with Gasteiger partial charge in [0.2, 0.25) is 18.2 Å². The lowest BCUT2D eigenvalue weighted by Crippen LogP contribution is -2.65. The summed E-state index contributed by atoms with van der Waals surface area (Å²) in [6, 6.07) is -0.901. The first-order chi connectivity index (χ1) is 13.2. The predicted octanol–water partition coefficient (Wildman–Crippen LogP) is -0.554. The molecule has 5 unspecified atom stereocenters. The summed E-state index contributed by atoms with van der Waals surface area (Å²) in [6.07, 6.45) is 1.17. The lowest BCUT2D eigenvalue weighted by Gasteiger charge is -2.47. The minimum atomic E-state index is -1.12. The first-order valence-electron chi connectivity index (χ1n) is 9.30.